The number of hydrogen-bond acceptors (Lipinski definition) is 5. The maximum atomic E-state index is 12.8. The highest BCUT2D eigenvalue weighted by Crippen LogP contribution is 2.39. The van der Waals surface area contributed by atoms with E-state index in [9.17, 15) is 23.1 Å². The van der Waals surface area contributed by atoms with E-state index >= 15 is 0 Å². The van der Waals surface area contributed by atoms with Gasteiger partial charge in [0.2, 0.25) is 5.09 Å². The number of sulfonamides is 1. The summed E-state index contributed by atoms with van der Waals surface area (Å²) in [7, 11) is -1.04. The van der Waals surface area contributed by atoms with Crippen LogP contribution >= 0.6 is 0 Å². The standard InChI is InChI=1S/C16H24N2O6S/c1-10(2)16(15(20)21)6-7-18(9-16)14(19)12-8-13(24-11(12)3)25(22,23)17(4)5/h8,10H,6-7,9H2,1-5H3,(H,20,21). The number of carbonyl (C=O) groups is 2. The molecular formula is C16H24N2O6S. The zero-order valence-corrected chi connectivity index (χ0v) is 15.9. The number of aliphatic carboxylic acids is 1. The molecule has 2 heterocycles. The van der Waals surface area contributed by atoms with Gasteiger partial charge in [0.15, 0.2) is 0 Å². The van der Waals surface area contributed by atoms with Crippen molar-refractivity contribution in [2.45, 2.75) is 32.3 Å². The van der Waals surface area contributed by atoms with E-state index in [1.807, 2.05) is 13.8 Å². The van der Waals surface area contributed by atoms with E-state index in [-0.39, 0.29) is 28.9 Å². The lowest BCUT2D eigenvalue weighted by Crippen LogP contribution is -2.40. The Hall–Kier alpha value is -1.87. The molecule has 1 unspecified atom stereocenters. The number of nitrogens with zero attached hydrogens (tertiary/aromatic N) is 2. The monoisotopic (exact) mass is 372 g/mol. The molecule has 1 saturated heterocycles. The molecule has 8 nitrogen and oxygen atoms in total. The van der Waals surface area contributed by atoms with Gasteiger partial charge in [-0.25, -0.2) is 12.7 Å². The second-order valence-corrected chi connectivity index (χ2v) is 9.00. The van der Waals surface area contributed by atoms with E-state index in [1.54, 1.807) is 0 Å². The third-order valence-corrected chi connectivity index (χ3v) is 6.65. The topological polar surface area (TPSA) is 108 Å². The molecule has 0 spiro atoms. The van der Waals surface area contributed by atoms with Gasteiger partial charge in [-0.2, -0.15) is 0 Å². The van der Waals surface area contributed by atoms with Crippen LogP contribution < -0.4 is 0 Å². The van der Waals surface area contributed by atoms with E-state index in [0.29, 0.717) is 13.0 Å². The third-order valence-electron chi connectivity index (χ3n) is 4.98. The van der Waals surface area contributed by atoms with Gasteiger partial charge < -0.3 is 14.4 Å². The van der Waals surface area contributed by atoms with Crippen LogP contribution in [0, 0.1) is 18.3 Å². The van der Waals surface area contributed by atoms with Crippen LogP contribution in [0.1, 0.15) is 36.4 Å². The molecule has 0 bridgehead atoms. The molecule has 0 aromatic carbocycles. The summed E-state index contributed by atoms with van der Waals surface area (Å²) in [5.74, 6) is -1.26. The smallest absolute Gasteiger partial charge is 0.311 e. The quantitative estimate of drug-likeness (QED) is 0.837. The van der Waals surface area contributed by atoms with Gasteiger partial charge in [0, 0.05) is 33.3 Å². The zero-order valence-electron chi connectivity index (χ0n) is 15.1. The number of likely N-dealkylation sites (tertiary alicyclic amines) is 1. The van der Waals surface area contributed by atoms with Crippen LogP contribution in [0.5, 0.6) is 0 Å². The maximum absolute atomic E-state index is 12.8. The van der Waals surface area contributed by atoms with Crippen molar-refractivity contribution in [2.75, 3.05) is 27.2 Å². The van der Waals surface area contributed by atoms with Crippen LogP contribution in [0.25, 0.3) is 0 Å². The number of hydrogen-bond donors (Lipinski definition) is 1. The van der Waals surface area contributed by atoms with E-state index < -0.39 is 27.3 Å². The molecule has 140 valence electrons. The molecule has 0 aliphatic carbocycles. The van der Waals surface area contributed by atoms with Crippen LogP contribution in [0.3, 0.4) is 0 Å². The van der Waals surface area contributed by atoms with Crippen LogP contribution in [0.15, 0.2) is 15.6 Å². The minimum atomic E-state index is -3.78. The van der Waals surface area contributed by atoms with E-state index in [0.717, 1.165) is 4.31 Å². The Bertz CT molecular complexity index is 796. The highest BCUT2D eigenvalue weighted by Gasteiger charge is 2.48. The van der Waals surface area contributed by atoms with Crippen LogP contribution in [0.4, 0.5) is 0 Å². The number of aryl methyl sites for hydroxylation is 1. The van der Waals surface area contributed by atoms with Crippen molar-refractivity contribution in [2.24, 2.45) is 11.3 Å². The summed E-state index contributed by atoms with van der Waals surface area (Å²) in [5.41, 5.74) is -0.836. The Labute approximate surface area is 147 Å². The van der Waals surface area contributed by atoms with Gasteiger partial charge in [-0.15, -0.1) is 0 Å². The molecule has 0 radical (unpaired) electrons. The number of amides is 1. The van der Waals surface area contributed by atoms with Crippen molar-refractivity contribution in [3.8, 4) is 0 Å². The summed E-state index contributed by atoms with van der Waals surface area (Å²) in [6.45, 7) is 5.58. The number of carboxylic acid groups (broad SMARTS) is 1. The van der Waals surface area contributed by atoms with Crippen LogP contribution in [0.2, 0.25) is 0 Å². The van der Waals surface area contributed by atoms with Crippen molar-refractivity contribution in [3.05, 3.63) is 17.4 Å². The van der Waals surface area contributed by atoms with Crippen molar-refractivity contribution in [3.63, 3.8) is 0 Å². The molecule has 2 rings (SSSR count). The van der Waals surface area contributed by atoms with Crippen molar-refractivity contribution in [1.82, 2.24) is 9.21 Å². The van der Waals surface area contributed by atoms with Gasteiger partial charge in [-0.3, -0.25) is 9.59 Å². The fraction of sp³-hybridized carbons (Fsp3) is 0.625. The summed E-state index contributed by atoms with van der Waals surface area (Å²) in [4.78, 5) is 25.9. The first-order valence-corrected chi connectivity index (χ1v) is 9.43. The van der Waals surface area contributed by atoms with Crippen molar-refractivity contribution >= 4 is 21.9 Å². The van der Waals surface area contributed by atoms with E-state index in [2.05, 4.69) is 0 Å². The third kappa shape index (κ3) is 3.18. The molecule has 1 N–H and O–H groups in total. The van der Waals surface area contributed by atoms with Gasteiger partial charge in [0.25, 0.3) is 15.9 Å². The molecule has 1 aromatic heterocycles. The van der Waals surface area contributed by atoms with Gasteiger partial charge in [0.05, 0.1) is 11.0 Å². The first-order chi connectivity index (χ1) is 11.4. The van der Waals surface area contributed by atoms with E-state index in [4.69, 9.17) is 4.42 Å². The Morgan fingerprint density at radius 3 is 2.40 bits per heavy atom. The number of furan rings is 1. The molecule has 1 aliphatic rings. The average Bonchev–Trinajstić information content (AvgIpc) is 3.11. The molecule has 1 fully saturated rings. The Kier molecular flexibility index (Phi) is 5.02. The first kappa shape index (κ1) is 19.5. The number of rotatable bonds is 5. The Morgan fingerprint density at radius 1 is 1.36 bits per heavy atom. The first-order valence-electron chi connectivity index (χ1n) is 7.99. The fourth-order valence-electron chi connectivity index (χ4n) is 3.04. The minimum Gasteiger partial charge on any atom is -0.481 e. The second-order valence-electron chi connectivity index (χ2n) is 6.92. The molecule has 0 saturated carbocycles. The summed E-state index contributed by atoms with van der Waals surface area (Å²) in [5, 5.41) is 9.29. The van der Waals surface area contributed by atoms with Crippen molar-refractivity contribution in [1.29, 1.82) is 0 Å². The fourth-order valence-corrected chi connectivity index (χ4v) is 3.90. The molecule has 9 heteroatoms. The molecule has 1 aliphatic heterocycles. The molecular weight excluding hydrogens is 348 g/mol. The molecule has 1 atom stereocenters. The highest BCUT2D eigenvalue weighted by atomic mass is 32.2. The van der Waals surface area contributed by atoms with Gasteiger partial charge in [-0.05, 0) is 19.3 Å². The van der Waals surface area contributed by atoms with Crippen LogP contribution in [-0.2, 0) is 14.8 Å². The van der Waals surface area contributed by atoms with Gasteiger partial charge in [0.1, 0.15) is 5.76 Å². The molecule has 25 heavy (non-hydrogen) atoms. The van der Waals surface area contributed by atoms with Gasteiger partial charge in [-0.1, -0.05) is 13.8 Å². The number of carbonyl (C=O) groups excluding carboxylic acids is 1. The maximum Gasteiger partial charge on any atom is 0.311 e. The minimum absolute atomic E-state index is 0.0964. The summed E-state index contributed by atoms with van der Waals surface area (Å²) in [6, 6.07) is 1.21. The van der Waals surface area contributed by atoms with Gasteiger partial charge >= 0.3 is 5.97 Å². The Balaban J connectivity index is 2.32. The lowest BCUT2D eigenvalue weighted by Gasteiger charge is -2.28. The Morgan fingerprint density at radius 2 is 1.96 bits per heavy atom. The molecule has 1 amide bonds. The van der Waals surface area contributed by atoms with Crippen molar-refractivity contribution < 1.29 is 27.5 Å². The average molecular weight is 372 g/mol. The summed E-state index contributed by atoms with van der Waals surface area (Å²) >= 11 is 0. The lowest BCUT2D eigenvalue weighted by molar-refractivity contribution is -0.150. The predicted octanol–water partition coefficient (Wildman–Crippen LogP) is 1.41. The lowest BCUT2D eigenvalue weighted by atomic mass is 9.76. The largest absolute Gasteiger partial charge is 0.481 e. The predicted molar refractivity (Wildman–Crippen MR) is 89.7 cm³/mol. The summed E-state index contributed by atoms with van der Waals surface area (Å²) < 4.78 is 30.6. The number of carboxylic acids is 1. The van der Waals surface area contributed by atoms with E-state index in [1.165, 1.54) is 32.0 Å². The van der Waals surface area contributed by atoms with Crippen LogP contribution in [-0.4, -0.2) is 61.8 Å². The second kappa shape index (κ2) is 6.45. The molecule has 1 aromatic rings. The SMILES string of the molecule is Cc1oc(S(=O)(=O)N(C)C)cc1C(=O)N1CCC(C(=O)O)(C(C)C)C1. The normalized spacial score (nSPS) is 21.3. The highest BCUT2D eigenvalue weighted by molar-refractivity contribution is 7.88. The zero-order chi connectivity index (χ0) is 19.2. The summed E-state index contributed by atoms with van der Waals surface area (Å²) in [6.07, 6.45) is 0.367.